The molecule has 0 aliphatic carbocycles. The molecule has 5 heteroatoms. The molecule has 0 fully saturated rings. The van der Waals surface area contributed by atoms with Crippen LogP contribution in [0.4, 0.5) is 0 Å². The summed E-state index contributed by atoms with van der Waals surface area (Å²) in [5, 5.41) is 1.14. The maximum absolute atomic E-state index is 6.27. The monoisotopic (exact) mass is 337 g/mol. The Morgan fingerprint density at radius 2 is 2.21 bits per heavy atom. The van der Waals surface area contributed by atoms with E-state index in [4.69, 9.17) is 5.73 Å². The molecule has 100 valence electrons. The third-order valence-electron chi connectivity index (χ3n) is 2.84. The number of hydrogen-bond acceptors (Lipinski definition) is 4. The third-order valence-corrected chi connectivity index (χ3v) is 4.69. The van der Waals surface area contributed by atoms with Crippen molar-refractivity contribution < 1.29 is 0 Å². The van der Waals surface area contributed by atoms with E-state index < -0.39 is 0 Å². The Balaban J connectivity index is 2.26. The second kappa shape index (κ2) is 7.03. The Bertz CT molecular complexity index is 521. The number of nitrogens with two attached hydrogens (primary N) is 1. The van der Waals surface area contributed by atoms with Crippen LogP contribution in [0.1, 0.15) is 24.2 Å². The zero-order valence-electron chi connectivity index (χ0n) is 10.7. The SMILES string of the molecule is CCC(N)C(Sc1ccncn1)c1cccc(Br)c1. The van der Waals surface area contributed by atoms with Gasteiger partial charge in [-0.25, -0.2) is 9.97 Å². The molecule has 19 heavy (non-hydrogen) atoms. The van der Waals surface area contributed by atoms with E-state index in [1.54, 1.807) is 24.3 Å². The van der Waals surface area contributed by atoms with Crippen LogP contribution < -0.4 is 5.73 Å². The maximum Gasteiger partial charge on any atom is 0.116 e. The largest absolute Gasteiger partial charge is 0.326 e. The van der Waals surface area contributed by atoms with E-state index in [1.165, 1.54) is 5.56 Å². The van der Waals surface area contributed by atoms with Crippen LogP contribution in [0.3, 0.4) is 0 Å². The standard InChI is InChI=1S/C14H16BrN3S/c1-2-12(16)14(10-4-3-5-11(15)8-10)19-13-6-7-17-9-18-13/h3-9,12,14H,2,16H2,1H3. The van der Waals surface area contributed by atoms with Crippen LogP contribution in [0.15, 0.2) is 52.4 Å². The molecule has 0 aliphatic rings. The summed E-state index contributed by atoms with van der Waals surface area (Å²) in [6.45, 7) is 2.11. The number of thioether (sulfide) groups is 1. The Labute approximate surface area is 126 Å². The second-order valence-electron chi connectivity index (χ2n) is 4.21. The average Bonchev–Trinajstić information content (AvgIpc) is 2.45. The van der Waals surface area contributed by atoms with Gasteiger partial charge in [0.1, 0.15) is 6.33 Å². The predicted molar refractivity (Wildman–Crippen MR) is 83.0 cm³/mol. The summed E-state index contributed by atoms with van der Waals surface area (Å²) in [5.74, 6) is 0. The number of benzene rings is 1. The van der Waals surface area contributed by atoms with Crippen molar-refractivity contribution in [3.05, 3.63) is 52.9 Å². The fraction of sp³-hybridized carbons (Fsp3) is 0.286. The minimum atomic E-state index is 0.0919. The van der Waals surface area contributed by atoms with Crippen LogP contribution in [0.25, 0.3) is 0 Å². The highest BCUT2D eigenvalue weighted by atomic mass is 79.9. The van der Waals surface area contributed by atoms with Gasteiger partial charge in [-0.3, -0.25) is 0 Å². The van der Waals surface area contributed by atoms with Gasteiger partial charge in [-0.2, -0.15) is 0 Å². The topological polar surface area (TPSA) is 51.8 Å². The summed E-state index contributed by atoms with van der Waals surface area (Å²) in [6, 6.07) is 10.3. The van der Waals surface area contributed by atoms with Crippen LogP contribution >= 0.6 is 27.7 Å². The molecule has 2 aromatic rings. The highest BCUT2D eigenvalue weighted by molar-refractivity contribution is 9.10. The number of rotatable bonds is 5. The Kier molecular flexibility index (Phi) is 5.36. The van der Waals surface area contributed by atoms with Crippen molar-refractivity contribution in [1.82, 2.24) is 9.97 Å². The minimum absolute atomic E-state index is 0.0919. The molecule has 3 nitrogen and oxygen atoms in total. The normalized spacial score (nSPS) is 14.1. The zero-order chi connectivity index (χ0) is 13.7. The van der Waals surface area contributed by atoms with Crippen molar-refractivity contribution >= 4 is 27.7 Å². The van der Waals surface area contributed by atoms with E-state index in [-0.39, 0.29) is 11.3 Å². The molecule has 2 unspecified atom stereocenters. The summed E-state index contributed by atoms with van der Waals surface area (Å²) < 4.78 is 1.07. The van der Waals surface area contributed by atoms with E-state index in [9.17, 15) is 0 Å². The van der Waals surface area contributed by atoms with Gasteiger partial charge in [-0.05, 0) is 30.2 Å². The Morgan fingerprint density at radius 1 is 1.37 bits per heavy atom. The molecule has 2 N–H and O–H groups in total. The quantitative estimate of drug-likeness (QED) is 0.665. The Hall–Kier alpha value is -0.910. The van der Waals surface area contributed by atoms with Crippen LogP contribution in [-0.2, 0) is 0 Å². The number of nitrogens with zero attached hydrogens (tertiary/aromatic N) is 2. The van der Waals surface area contributed by atoms with Crippen molar-refractivity contribution in [2.24, 2.45) is 5.73 Å². The minimum Gasteiger partial charge on any atom is -0.326 e. The lowest BCUT2D eigenvalue weighted by Gasteiger charge is -2.22. The highest BCUT2D eigenvalue weighted by Crippen LogP contribution is 2.37. The summed E-state index contributed by atoms with van der Waals surface area (Å²) in [7, 11) is 0. The van der Waals surface area contributed by atoms with Gasteiger partial charge >= 0.3 is 0 Å². The summed E-state index contributed by atoms with van der Waals surface area (Å²) in [6.07, 6.45) is 4.25. The molecule has 1 aromatic carbocycles. The molecule has 0 spiro atoms. The smallest absolute Gasteiger partial charge is 0.116 e. The van der Waals surface area contributed by atoms with E-state index in [0.29, 0.717) is 0 Å². The maximum atomic E-state index is 6.27. The lowest BCUT2D eigenvalue weighted by Crippen LogP contribution is -2.25. The van der Waals surface area contributed by atoms with E-state index in [1.807, 2.05) is 18.2 Å². The van der Waals surface area contributed by atoms with E-state index >= 15 is 0 Å². The van der Waals surface area contributed by atoms with Gasteiger partial charge < -0.3 is 5.73 Å². The van der Waals surface area contributed by atoms with Crippen LogP contribution in [0.5, 0.6) is 0 Å². The van der Waals surface area contributed by atoms with Gasteiger partial charge in [0.25, 0.3) is 0 Å². The summed E-state index contributed by atoms with van der Waals surface area (Å²) >= 11 is 5.20. The fourth-order valence-corrected chi connectivity index (χ4v) is 3.35. The number of halogens is 1. The average molecular weight is 338 g/mol. The molecule has 0 saturated carbocycles. The van der Waals surface area contributed by atoms with Gasteiger partial charge in [0.2, 0.25) is 0 Å². The molecular formula is C14H16BrN3S. The first kappa shape index (κ1) is 14.5. The molecular weight excluding hydrogens is 322 g/mol. The second-order valence-corrected chi connectivity index (χ2v) is 6.29. The molecule has 0 saturated heterocycles. The van der Waals surface area contributed by atoms with Gasteiger partial charge in [0.15, 0.2) is 0 Å². The lowest BCUT2D eigenvalue weighted by atomic mass is 10.0. The zero-order valence-corrected chi connectivity index (χ0v) is 13.1. The summed E-state index contributed by atoms with van der Waals surface area (Å²) in [4.78, 5) is 8.21. The fourth-order valence-electron chi connectivity index (χ4n) is 1.78. The molecule has 0 bridgehead atoms. The molecule has 0 amide bonds. The van der Waals surface area contributed by atoms with Crippen molar-refractivity contribution in [1.29, 1.82) is 0 Å². The number of aromatic nitrogens is 2. The molecule has 0 radical (unpaired) electrons. The number of hydrogen-bond donors (Lipinski definition) is 1. The van der Waals surface area contributed by atoms with Crippen molar-refractivity contribution in [2.75, 3.05) is 0 Å². The predicted octanol–water partition coefficient (Wildman–Crippen LogP) is 3.81. The first-order valence-electron chi connectivity index (χ1n) is 6.14. The molecule has 0 aliphatic heterocycles. The van der Waals surface area contributed by atoms with Crippen LogP contribution in [0.2, 0.25) is 0 Å². The van der Waals surface area contributed by atoms with Crippen molar-refractivity contribution in [3.8, 4) is 0 Å². The van der Waals surface area contributed by atoms with Gasteiger partial charge in [-0.1, -0.05) is 46.7 Å². The third kappa shape index (κ3) is 4.03. The van der Waals surface area contributed by atoms with Crippen LogP contribution in [-0.4, -0.2) is 16.0 Å². The van der Waals surface area contributed by atoms with Crippen molar-refractivity contribution in [3.63, 3.8) is 0 Å². The van der Waals surface area contributed by atoms with Gasteiger partial charge in [0.05, 0.1) is 10.3 Å². The van der Waals surface area contributed by atoms with Gasteiger partial charge in [0, 0.05) is 16.7 Å². The van der Waals surface area contributed by atoms with Gasteiger partial charge in [-0.15, -0.1) is 0 Å². The Morgan fingerprint density at radius 3 is 2.84 bits per heavy atom. The lowest BCUT2D eigenvalue weighted by molar-refractivity contribution is 0.633. The van der Waals surface area contributed by atoms with E-state index in [2.05, 4.69) is 45.0 Å². The van der Waals surface area contributed by atoms with Crippen LogP contribution in [0, 0.1) is 0 Å². The molecule has 2 rings (SSSR count). The molecule has 1 aromatic heterocycles. The first-order valence-corrected chi connectivity index (χ1v) is 7.81. The van der Waals surface area contributed by atoms with Crippen molar-refractivity contribution in [2.45, 2.75) is 29.7 Å². The van der Waals surface area contributed by atoms with E-state index in [0.717, 1.165) is 15.9 Å². The highest BCUT2D eigenvalue weighted by Gasteiger charge is 2.20. The molecule has 1 heterocycles. The first-order chi connectivity index (χ1) is 9.20. The summed E-state index contributed by atoms with van der Waals surface area (Å²) in [5.41, 5.74) is 7.48. The molecule has 2 atom stereocenters.